The Bertz CT molecular complexity index is 718. The van der Waals surface area contributed by atoms with Gasteiger partial charge in [0.05, 0.1) is 4.88 Å². The molecule has 1 aromatic heterocycles. The molecule has 3 rings (SSSR count). The molecule has 1 aliphatic rings. The van der Waals surface area contributed by atoms with Gasteiger partial charge in [-0.3, -0.25) is 9.59 Å². The van der Waals surface area contributed by atoms with E-state index in [-0.39, 0.29) is 24.2 Å². The highest BCUT2D eigenvalue weighted by molar-refractivity contribution is 7.12. The van der Waals surface area contributed by atoms with Crippen LogP contribution >= 0.6 is 11.3 Å². The minimum absolute atomic E-state index is 0.0202. The first-order chi connectivity index (χ1) is 12.1. The third-order valence-corrected chi connectivity index (χ3v) is 4.90. The molecule has 0 saturated carbocycles. The highest BCUT2D eigenvalue weighted by Crippen LogP contribution is 2.15. The molecule has 0 radical (unpaired) electrons. The summed E-state index contributed by atoms with van der Waals surface area (Å²) in [5.41, 5.74) is 0. The Morgan fingerprint density at radius 1 is 1.04 bits per heavy atom. The van der Waals surface area contributed by atoms with E-state index in [1.165, 1.54) is 35.6 Å². The number of nitrogens with zero attached hydrogens (tertiary/aromatic N) is 2. The lowest BCUT2D eigenvalue weighted by molar-refractivity contribution is -0.133. The number of benzene rings is 1. The number of ether oxygens (including phenoxy) is 1. The monoisotopic (exact) mass is 362 g/mol. The van der Waals surface area contributed by atoms with Crippen LogP contribution in [0.5, 0.6) is 5.75 Å². The summed E-state index contributed by atoms with van der Waals surface area (Å²) in [7, 11) is 0. The van der Waals surface area contributed by atoms with Crippen LogP contribution in [0.25, 0.3) is 0 Å². The molecule has 25 heavy (non-hydrogen) atoms. The van der Waals surface area contributed by atoms with Gasteiger partial charge in [0.15, 0.2) is 6.61 Å². The quantitative estimate of drug-likeness (QED) is 0.840. The van der Waals surface area contributed by atoms with Gasteiger partial charge in [0.1, 0.15) is 11.6 Å². The standard InChI is InChI=1S/C18H19FN2O3S/c19-14-4-6-15(7-5-14)24-13-17(22)20-8-2-9-21(11-10-20)18(23)16-3-1-12-25-16/h1,3-7,12H,2,8-11,13H2. The lowest BCUT2D eigenvalue weighted by Crippen LogP contribution is -2.39. The fourth-order valence-electron chi connectivity index (χ4n) is 2.69. The van der Waals surface area contributed by atoms with E-state index in [1.54, 1.807) is 9.80 Å². The van der Waals surface area contributed by atoms with E-state index in [0.29, 0.717) is 31.9 Å². The molecule has 0 spiro atoms. The normalized spacial score (nSPS) is 14.9. The SMILES string of the molecule is O=C(COc1ccc(F)cc1)N1CCCN(C(=O)c2cccs2)CC1. The molecule has 1 aliphatic heterocycles. The second kappa shape index (κ2) is 8.11. The molecule has 5 nitrogen and oxygen atoms in total. The number of carbonyl (C=O) groups is 2. The van der Waals surface area contributed by atoms with Crippen LogP contribution in [0.2, 0.25) is 0 Å². The number of halogens is 1. The molecule has 7 heteroatoms. The van der Waals surface area contributed by atoms with Gasteiger partial charge in [0.25, 0.3) is 11.8 Å². The van der Waals surface area contributed by atoms with Crippen molar-refractivity contribution < 1.29 is 18.7 Å². The zero-order valence-corrected chi connectivity index (χ0v) is 14.5. The molecule has 132 valence electrons. The Morgan fingerprint density at radius 2 is 1.76 bits per heavy atom. The largest absolute Gasteiger partial charge is 0.484 e. The van der Waals surface area contributed by atoms with Gasteiger partial charge in [-0.1, -0.05) is 6.07 Å². The van der Waals surface area contributed by atoms with Crippen LogP contribution in [-0.4, -0.2) is 54.4 Å². The predicted octanol–water partition coefficient (Wildman–Crippen LogP) is 2.64. The van der Waals surface area contributed by atoms with E-state index in [0.717, 1.165) is 11.3 Å². The first-order valence-corrected chi connectivity index (χ1v) is 9.00. The van der Waals surface area contributed by atoms with Crippen molar-refractivity contribution in [2.75, 3.05) is 32.8 Å². The van der Waals surface area contributed by atoms with Crippen molar-refractivity contribution in [1.82, 2.24) is 9.80 Å². The minimum atomic E-state index is -0.346. The predicted molar refractivity (Wildman–Crippen MR) is 93.3 cm³/mol. The molecule has 2 aromatic rings. The van der Waals surface area contributed by atoms with Crippen molar-refractivity contribution in [3.8, 4) is 5.75 Å². The number of carbonyl (C=O) groups excluding carboxylic acids is 2. The van der Waals surface area contributed by atoms with E-state index >= 15 is 0 Å². The molecular formula is C18H19FN2O3S. The van der Waals surface area contributed by atoms with Gasteiger partial charge < -0.3 is 14.5 Å². The molecule has 0 unspecified atom stereocenters. The summed E-state index contributed by atoms with van der Waals surface area (Å²) in [6.07, 6.45) is 0.736. The van der Waals surface area contributed by atoms with Crippen molar-refractivity contribution in [3.63, 3.8) is 0 Å². The van der Waals surface area contributed by atoms with Crippen LogP contribution < -0.4 is 4.74 Å². The highest BCUT2D eigenvalue weighted by atomic mass is 32.1. The lowest BCUT2D eigenvalue weighted by Gasteiger charge is -2.22. The Hall–Kier alpha value is -2.41. The molecule has 1 aromatic carbocycles. The molecule has 0 N–H and O–H groups in total. The molecule has 1 fully saturated rings. The van der Waals surface area contributed by atoms with Crippen molar-refractivity contribution in [2.24, 2.45) is 0 Å². The zero-order valence-electron chi connectivity index (χ0n) is 13.7. The van der Waals surface area contributed by atoms with E-state index in [2.05, 4.69) is 0 Å². The van der Waals surface area contributed by atoms with Crippen molar-refractivity contribution in [3.05, 3.63) is 52.5 Å². The summed E-state index contributed by atoms with van der Waals surface area (Å²) < 4.78 is 18.3. The number of thiophene rings is 1. The van der Waals surface area contributed by atoms with Crippen LogP contribution in [0.1, 0.15) is 16.1 Å². The summed E-state index contributed by atoms with van der Waals surface area (Å²) in [6.45, 7) is 2.14. The Labute approximate surface area is 149 Å². The smallest absolute Gasteiger partial charge is 0.263 e. The maximum Gasteiger partial charge on any atom is 0.263 e. The average Bonchev–Trinajstić information content (AvgIpc) is 3.05. The zero-order chi connectivity index (χ0) is 17.6. The van der Waals surface area contributed by atoms with E-state index in [9.17, 15) is 14.0 Å². The molecule has 0 atom stereocenters. The van der Waals surface area contributed by atoms with Gasteiger partial charge in [0, 0.05) is 26.2 Å². The van der Waals surface area contributed by atoms with Crippen LogP contribution in [0, 0.1) is 5.82 Å². The summed E-state index contributed by atoms with van der Waals surface area (Å²) in [5, 5.41) is 1.88. The Balaban J connectivity index is 1.51. The Morgan fingerprint density at radius 3 is 2.48 bits per heavy atom. The summed E-state index contributed by atoms with van der Waals surface area (Å²) in [5.74, 6) is 0.00220. The fraction of sp³-hybridized carbons (Fsp3) is 0.333. The maximum atomic E-state index is 12.9. The lowest BCUT2D eigenvalue weighted by atomic mass is 10.3. The third kappa shape index (κ3) is 4.57. The van der Waals surface area contributed by atoms with Crippen LogP contribution in [0.4, 0.5) is 4.39 Å². The van der Waals surface area contributed by atoms with Crippen molar-refractivity contribution in [2.45, 2.75) is 6.42 Å². The first-order valence-electron chi connectivity index (χ1n) is 8.12. The molecule has 0 aliphatic carbocycles. The number of hydrogen-bond acceptors (Lipinski definition) is 4. The topological polar surface area (TPSA) is 49.9 Å². The molecule has 0 bridgehead atoms. The number of amides is 2. The number of rotatable bonds is 4. The molecule has 2 heterocycles. The van der Waals surface area contributed by atoms with E-state index in [4.69, 9.17) is 4.74 Å². The van der Waals surface area contributed by atoms with Gasteiger partial charge >= 0.3 is 0 Å². The van der Waals surface area contributed by atoms with Crippen molar-refractivity contribution >= 4 is 23.2 Å². The van der Waals surface area contributed by atoms with E-state index < -0.39 is 0 Å². The average molecular weight is 362 g/mol. The van der Waals surface area contributed by atoms with E-state index in [1.807, 2.05) is 17.5 Å². The summed E-state index contributed by atoms with van der Waals surface area (Å²) in [6, 6.07) is 9.24. The summed E-state index contributed by atoms with van der Waals surface area (Å²) >= 11 is 1.43. The molecule has 1 saturated heterocycles. The van der Waals surface area contributed by atoms with Gasteiger partial charge in [-0.25, -0.2) is 4.39 Å². The molecule has 2 amide bonds. The summed E-state index contributed by atoms with van der Waals surface area (Å²) in [4.78, 5) is 29.0. The highest BCUT2D eigenvalue weighted by Gasteiger charge is 2.23. The van der Waals surface area contributed by atoms with Gasteiger partial charge in [-0.2, -0.15) is 0 Å². The minimum Gasteiger partial charge on any atom is -0.484 e. The fourth-order valence-corrected chi connectivity index (χ4v) is 3.38. The van der Waals surface area contributed by atoms with Crippen LogP contribution in [-0.2, 0) is 4.79 Å². The van der Waals surface area contributed by atoms with Crippen LogP contribution in [0.3, 0.4) is 0 Å². The first kappa shape index (κ1) is 17.4. The Kier molecular flexibility index (Phi) is 5.65. The number of hydrogen-bond donors (Lipinski definition) is 0. The van der Waals surface area contributed by atoms with Crippen LogP contribution in [0.15, 0.2) is 41.8 Å². The second-order valence-electron chi connectivity index (χ2n) is 5.75. The molecular weight excluding hydrogens is 343 g/mol. The maximum absolute atomic E-state index is 12.9. The van der Waals surface area contributed by atoms with Gasteiger partial charge in [-0.05, 0) is 42.1 Å². The van der Waals surface area contributed by atoms with Crippen molar-refractivity contribution in [1.29, 1.82) is 0 Å². The second-order valence-corrected chi connectivity index (χ2v) is 6.69. The van der Waals surface area contributed by atoms with Gasteiger partial charge in [0.2, 0.25) is 0 Å². The van der Waals surface area contributed by atoms with Gasteiger partial charge in [-0.15, -0.1) is 11.3 Å². The third-order valence-electron chi connectivity index (χ3n) is 4.04.